The van der Waals surface area contributed by atoms with Gasteiger partial charge in [-0.2, -0.15) is 0 Å². The van der Waals surface area contributed by atoms with Crippen molar-refractivity contribution in [1.29, 1.82) is 0 Å². The Labute approximate surface area is 111 Å². The maximum absolute atomic E-state index is 10.9. The second-order valence-corrected chi connectivity index (χ2v) is 6.15. The highest BCUT2D eigenvalue weighted by molar-refractivity contribution is 9.12. The van der Waals surface area contributed by atoms with E-state index in [4.69, 9.17) is 9.47 Å². The van der Waals surface area contributed by atoms with E-state index in [1.165, 1.54) is 13.8 Å². The van der Waals surface area contributed by atoms with Crippen LogP contribution in [0.25, 0.3) is 0 Å². The summed E-state index contributed by atoms with van der Waals surface area (Å²) < 4.78 is 10.3. The zero-order valence-corrected chi connectivity index (χ0v) is 12.3. The fourth-order valence-electron chi connectivity index (χ4n) is 1.72. The average molecular weight is 358 g/mol. The van der Waals surface area contributed by atoms with E-state index in [2.05, 4.69) is 31.9 Å². The first-order valence-electron chi connectivity index (χ1n) is 5.02. The lowest BCUT2D eigenvalue weighted by molar-refractivity contribution is -0.168. The van der Waals surface area contributed by atoms with Crippen LogP contribution >= 0.6 is 31.9 Å². The van der Waals surface area contributed by atoms with Crippen LogP contribution in [0.15, 0.2) is 0 Å². The second kappa shape index (κ2) is 6.00. The van der Waals surface area contributed by atoms with Crippen molar-refractivity contribution in [2.24, 2.45) is 0 Å². The number of hydrogen-bond acceptors (Lipinski definition) is 4. The Kier molecular flexibility index (Phi) is 5.24. The largest absolute Gasteiger partial charge is 0.459 e. The van der Waals surface area contributed by atoms with Crippen molar-refractivity contribution in [3.63, 3.8) is 0 Å². The molecule has 0 aromatic heterocycles. The lowest BCUT2D eigenvalue weighted by atomic mass is 9.94. The van der Waals surface area contributed by atoms with Crippen LogP contribution in [0.5, 0.6) is 0 Å². The smallest absolute Gasteiger partial charge is 0.303 e. The summed E-state index contributed by atoms with van der Waals surface area (Å²) in [7, 11) is 0. The zero-order valence-electron chi connectivity index (χ0n) is 9.11. The van der Waals surface area contributed by atoms with Crippen molar-refractivity contribution < 1.29 is 19.1 Å². The summed E-state index contributed by atoms with van der Waals surface area (Å²) in [5.74, 6) is -0.704. The molecule has 0 amide bonds. The third-order valence-electron chi connectivity index (χ3n) is 2.36. The maximum atomic E-state index is 10.9. The molecule has 0 heterocycles. The molecule has 0 aliphatic heterocycles. The molecule has 0 saturated heterocycles. The third-order valence-corrected chi connectivity index (χ3v) is 5.09. The summed E-state index contributed by atoms with van der Waals surface area (Å²) in [5, 5.41) is 0. The van der Waals surface area contributed by atoms with Gasteiger partial charge in [0, 0.05) is 36.3 Å². The first kappa shape index (κ1) is 14.0. The first-order valence-corrected chi connectivity index (χ1v) is 6.86. The quantitative estimate of drug-likeness (QED) is 0.561. The van der Waals surface area contributed by atoms with Crippen LogP contribution in [-0.2, 0) is 19.1 Å². The van der Waals surface area contributed by atoms with E-state index in [1.807, 2.05) is 0 Å². The number of rotatable bonds is 2. The van der Waals surface area contributed by atoms with Crippen molar-refractivity contribution in [3.05, 3.63) is 0 Å². The molecule has 0 aromatic rings. The Balaban J connectivity index is 2.66. The van der Waals surface area contributed by atoms with Gasteiger partial charge in [-0.15, -0.1) is 0 Å². The molecule has 4 nitrogen and oxygen atoms in total. The van der Waals surface area contributed by atoms with Gasteiger partial charge in [0.2, 0.25) is 0 Å². The Morgan fingerprint density at radius 1 is 0.938 bits per heavy atom. The molecule has 0 unspecified atom stereocenters. The van der Waals surface area contributed by atoms with E-state index in [0.717, 1.165) is 0 Å². The van der Waals surface area contributed by atoms with Crippen LogP contribution in [-0.4, -0.2) is 33.8 Å². The predicted octanol–water partition coefficient (Wildman–Crippen LogP) is 2.17. The second-order valence-electron chi connectivity index (χ2n) is 3.80. The highest BCUT2D eigenvalue weighted by Crippen LogP contribution is 2.33. The highest BCUT2D eigenvalue weighted by Gasteiger charge is 2.38. The molecular weight excluding hydrogens is 344 g/mol. The molecule has 4 atom stereocenters. The Morgan fingerprint density at radius 3 is 1.50 bits per heavy atom. The van der Waals surface area contributed by atoms with Crippen molar-refractivity contribution in [1.82, 2.24) is 0 Å². The van der Waals surface area contributed by atoms with E-state index in [-0.39, 0.29) is 33.8 Å². The molecule has 0 radical (unpaired) electrons. The van der Waals surface area contributed by atoms with Gasteiger partial charge in [-0.3, -0.25) is 9.59 Å². The summed E-state index contributed by atoms with van der Waals surface area (Å²) >= 11 is 7.00. The number of ether oxygens (including phenoxy) is 2. The molecule has 92 valence electrons. The summed E-state index contributed by atoms with van der Waals surface area (Å²) in [5.41, 5.74) is 0. The van der Waals surface area contributed by atoms with Gasteiger partial charge in [-0.05, 0) is 0 Å². The van der Waals surface area contributed by atoms with E-state index >= 15 is 0 Å². The first-order chi connectivity index (χ1) is 7.40. The topological polar surface area (TPSA) is 52.6 Å². The Hall–Kier alpha value is -0.100. The lowest BCUT2D eigenvalue weighted by Gasteiger charge is -2.35. The number of halogens is 2. The number of alkyl halides is 2. The monoisotopic (exact) mass is 356 g/mol. The van der Waals surface area contributed by atoms with Gasteiger partial charge in [-0.1, -0.05) is 31.9 Å². The molecule has 6 heteroatoms. The average Bonchev–Trinajstić information content (AvgIpc) is 2.11. The van der Waals surface area contributed by atoms with Crippen LogP contribution in [0.2, 0.25) is 0 Å². The molecule has 0 spiro atoms. The van der Waals surface area contributed by atoms with Crippen molar-refractivity contribution >= 4 is 43.8 Å². The summed E-state index contributed by atoms with van der Waals surface area (Å²) in [6.45, 7) is 2.71. The normalized spacial score (nSPS) is 34.2. The summed E-state index contributed by atoms with van der Waals surface area (Å²) in [4.78, 5) is 22.3. The molecule has 16 heavy (non-hydrogen) atoms. The molecule has 1 rings (SSSR count). The number of esters is 2. The van der Waals surface area contributed by atoms with Gasteiger partial charge >= 0.3 is 11.9 Å². The van der Waals surface area contributed by atoms with E-state index < -0.39 is 0 Å². The SMILES string of the molecule is CC(=O)O[C@@H]1C[C@H](Br)[C@@H](Br)C[C@H]1OC(C)=O. The minimum absolute atomic E-state index is 0.212. The molecule has 0 bridgehead atoms. The van der Waals surface area contributed by atoms with Crippen molar-refractivity contribution in [2.45, 2.75) is 48.6 Å². The molecule has 1 fully saturated rings. The number of hydrogen-bond donors (Lipinski definition) is 0. The van der Waals surface area contributed by atoms with Crippen LogP contribution in [0.3, 0.4) is 0 Å². The van der Waals surface area contributed by atoms with Crippen LogP contribution in [0.1, 0.15) is 26.7 Å². The molecule has 1 saturated carbocycles. The van der Waals surface area contributed by atoms with Crippen LogP contribution < -0.4 is 0 Å². The minimum Gasteiger partial charge on any atom is -0.459 e. The van der Waals surface area contributed by atoms with Gasteiger partial charge in [-0.25, -0.2) is 0 Å². The van der Waals surface area contributed by atoms with Gasteiger partial charge in [0.25, 0.3) is 0 Å². The molecular formula is C10H14Br2O4. The van der Waals surface area contributed by atoms with Crippen LogP contribution in [0.4, 0.5) is 0 Å². The maximum Gasteiger partial charge on any atom is 0.303 e. The van der Waals surface area contributed by atoms with E-state index in [9.17, 15) is 9.59 Å². The van der Waals surface area contributed by atoms with Gasteiger partial charge in [0.05, 0.1) is 0 Å². The summed E-state index contributed by atoms with van der Waals surface area (Å²) in [6.07, 6.45) is 0.542. The van der Waals surface area contributed by atoms with Gasteiger partial charge in [0.15, 0.2) is 0 Å². The van der Waals surface area contributed by atoms with Crippen molar-refractivity contribution in [2.75, 3.05) is 0 Å². The lowest BCUT2D eigenvalue weighted by Crippen LogP contribution is -2.44. The third kappa shape index (κ3) is 4.05. The van der Waals surface area contributed by atoms with E-state index in [0.29, 0.717) is 12.8 Å². The van der Waals surface area contributed by atoms with E-state index in [1.54, 1.807) is 0 Å². The Morgan fingerprint density at radius 2 is 1.25 bits per heavy atom. The molecule has 0 N–H and O–H groups in total. The minimum atomic E-state index is -0.362. The molecule has 1 aliphatic carbocycles. The van der Waals surface area contributed by atoms with Crippen molar-refractivity contribution in [3.8, 4) is 0 Å². The zero-order chi connectivity index (χ0) is 12.3. The molecule has 1 aliphatic rings. The highest BCUT2D eigenvalue weighted by atomic mass is 79.9. The predicted molar refractivity (Wildman–Crippen MR) is 65.8 cm³/mol. The fraction of sp³-hybridized carbons (Fsp3) is 0.800. The standard InChI is InChI=1S/C10H14Br2O4/c1-5(13)15-9-3-7(11)8(12)4-10(9)16-6(2)14/h7-10H,3-4H2,1-2H3/t7-,8-,9+,10+/m0/s1. The Bertz CT molecular complexity index is 254. The molecule has 0 aromatic carbocycles. The van der Waals surface area contributed by atoms with Gasteiger partial charge < -0.3 is 9.47 Å². The van der Waals surface area contributed by atoms with Crippen LogP contribution in [0, 0.1) is 0 Å². The van der Waals surface area contributed by atoms with Gasteiger partial charge in [0.1, 0.15) is 12.2 Å². The summed E-state index contributed by atoms with van der Waals surface area (Å²) in [6, 6.07) is 0. The number of carbonyl (C=O) groups is 2. The fourth-order valence-corrected chi connectivity index (χ4v) is 2.89. The number of carbonyl (C=O) groups excluding carboxylic acids is 2.